The first-order valence-electron chi connectivity index (χ1n) is 10.7. The first-order chi connectivity index (χ1) is 15.5. The molecule has 4 nitrogen and oxygen atoms in total. The highest BCUT2D eigenvalue weighted by Gasteiger charge is 2.31. The van der Waals surface area contributed by atoms with E-state index in [4.69, 9.17) is 0 Å². The van der Waals surface area contributed by atoms with Gasteiger partial charge in [-0.2, -0.15) is 0 Å². The van der Waals surface area contributed by atoms with Gasteiger partial charge in [-0.3, -0.25) is 9.59 Å². The van der Waals surface area contributed by atoms with Crippen molar-refractivity contribution in [2.45, 2.75) is 31.8 Å². The number of hydrogen-bond donors (Lipinski definition) is 1. The Morgan fingerprint density at radius 3 is 2.50 bits per heavy atom. The number of benzene rings is 3. The maximum absolute atomic E-state index is 13.7. The Bertz CT molecular complexity index is 1120. The zero-order chi connectivity index (χ0) is 22.5. The third-order valence-electron chi connectivity index (χ3n) is 5.77. The van der Waals surface area contributed by atoms with Crippen molar-refractivity contribution >= 4 is 11.8 Å². The molecular formula is C26H24F2N2O2. The molecule has 1 heterocycles. The van der Waals surface area contributed by atoms with Crippen LogP contribution in [0.3, 0.4) is 0 Å². The molecule has 32 heavy (non-hydrogen) atoms. The molecule has 4 rings (SSSR count). The Labute approximate surface area is 185 Å². The third-order valence-corrected chi connectivity index (χ3v) is 5.77. The van der Waals surface area contributed by atoms with Crippen LogP contribution in [0.4, 0.5) is 8.78 Å². The van der Waals surface area contributed by atoms with Crippen molar-refractivity contribution in [2.75, 3.05) is 6.54 Å². The molecule has 0 saturated heterocycles. The van der Waals surface area contributed by atoms with Gasteiger partial charge >= 0.3 is 0 Å². The van der Waals surface area contributed by atoms with E-state index in [0.29, 0.717) is 6.54 Å². The number of nitrogens with one attached hydrogen (secondary N) is 1. The Balaban J connectivity index is 1.42. The second kappa shape index (κ2) is 9.73. The first-order valence-corrected chi connectivity index (χ1v) is 10.7. The van der Waals surface area contributed by atoms with Crippen LogP contribution in [0.15, 0.2) is 72.8 Å². The smallest absolute Gasteiger partial charge is 0.223 e. The molecule has 3 aromatic rings. The summed E-state index contributed by atoms with van der Waals surface area (Å²) >= 11 is 0. The standard InChI is InChI=1S/C26H24F2N2O2/c27-21-10-11-23(28)20(16-21)17-29-24(31)12-13-25(32)30-15-14-18-6-4-5-9-22(18)26(30)19-7-2-1-3-8-19/h1-11,16,26H,12-15,17H2,(H,29,31)/t26-/m0/s1. The minimum absolute atomic E-state index is 0.0184. The van der Waals surface area contributed by atoms with E-state index in [-0.39, 0.29) is 42.8 Å². The van der Waals surface area contributed by atoms with Crippen LogP contribution >= 0.6 is 0 Å². The van der Waals surface area contributed by atoms with Gasteiger partial charge in [-0.1, -0.05) is 54.6 Å². The Kier molecular flexibility index (Phi) is 6.59. The highest BCUT2D eigenvalue weighted by atomic mass is 19.1. The van der Waals surface area contributed by atoms with Crippen LogP contribution in [0, 0.1) is 11.6 Å². The van der Waals surface area contributed by atoms with E-state index < -0.39 is 11.6 Å². The number of carbonyl (C=O) groups is 2. The molecule has 0 fully saturated rings. The summed E-state index contributed by atoms with van der Waals surface area (Å²) in [5, 5.41) is 2.57. The fraction of sp³-hybridized carbons (Fsp3) is 0.231. The van der Waals surface area contributed by atoms with Gasteiger partial charge in [0.05, 0.1) is 6.04 Å². The molecule has 2 amide bonds. The van der Waals surface area contributed by atoms with E-state index >= 15 is 0 Å². The summed E-state index contributed by atoms with van der Waals surface area (Å²) in [5.41, 5.74) is 3.42. The monoisotopic (exact) mass is 434 g/mol. The van der Waals surface area contributed by atoms with Gasteiger partial charge in [-0.25, -0.2) is 8.78 Å². The van der Waals surface area contributed by atoms with Gasteiger partial charge < -0.3 is 10.2 Å². The molecule has 0 unspecified atom stereocenters. The molecule has 0 aliphatic carbocycles. The van der Waals surface area contributed by atoms with Gasteiger partial charge in [-0.15, -0.1) is 0 Å². The number of carbonyl (C=O) groups excluding carboxylic acids is 2. The topological polar surface area (TPSA) is 49.4 Å². The van der Waals surface area contributed by atoms with Crippen molar-refractivity contribution in [3.63, 3.8) is 0 Å². The molecule has 1 atom stereocenters. The maximum Gasteiger partial charge on any atom is 0.223 e. The lowest BCUT2D eigenvalue weighted by atomic mass is 9.88. The summed E-state index contributed by atoms with van der Waals surface area (Å²) in [6.07, 6.45) is 0.786. The maximum atomic E-state index is 13.7. The van der Waals surface area contributed by atoms with E-state index in [2.05, 4.69) is 11.4 Å². The summed E-state index contributed by atoms with van der Waals surface area (Å²) in [4.78, 5) is 27.2. The lowest BCUT2D eigenvalue weighted by Crippen LogP contribution is -2.41. The second-order valence-electron chi connectivity index (χ2n) is 7.86. The van der Waals surface area contributed by atoms with Gasteiger partial charge in [0.2, 0.25) is 11.8 Å². The summed E-state index contributed by atoms with van der Waals surface area (Å²) in [7, 11) is 0. The normalized spacial score (nSPS) is 15.2. The first kappa shape index (κ1) is 21.7. The van der Waals surface area contributed by atoms with Crippen LogP contribution < -0.4 is 5.32 Å². The molecular weight excluding hydrogens is 410 g/mol. The van der Waals surface area contributed by atoms with Crippen LogP contribution in [0.1, 0.15) is 41.1 Å². The average molecular weight is 434 g/mol. The van der Waals surface area contributed by atoms with E-state index in [1.807, 2.05) is 53.4 Å². The summed E-state index contributed by atoms with van der Waals surface area (Å²) in [6, 6.07) is 20.9. The molecule has 3 aromatic carbocycles. The van der Waals surface area contributed by atoms with Crippen molar-refractivity contribution in [3.8, 4) is 0 Å². The molecule has 0 bridgehead atoms. The molecule has 6 heteroatoms. The van der Waals surface area contributed by atoms with Crippen molar-refractivity contribution in [2.24, 2.45) is 0 Å². The predicted molar refractivity (Wildman–Crippen MR) is 118 cm³/mol. The van der Waals surface area contributed by atoms with Crippen LogP contribution in [-0.4, -0.2) is 23.3 Å². The van der Waals surface area contributed by atoms with Crippen LogP contribution in [-0.2, 0) is 22.6 Å². The largest absolute Gasteiger partial charge is 0.352 e. The lowest BCUT2D eigenvalue weighted by Gasteiger charge is -2.38. The Morgan fingerprint density at radius 1 is 0.938 bits per heavy atom. The van der Waals surface area contributed by atoms with Crippen molar-refractivity contribution in [1.29, 1.82) is 0 Å². The number of fused-ring (bicyclic) bond motifs is 1. The Morgan fingerprint density at radius 2 is 1.69 bits per heavy atom. The van der Waals surface area contributed by atoms with E-state index in [1.54, 1.807) is 0 Å². The van der Waals surface area contributed by atoms with Gasteiger partial charge in [0.1, 0.15) is 11.6 Å². The lowest BCUT2D eigenvalue weighted by molar-refractivity contribution is -0.135. The number of amides is 2. The minimum Gasteiger partial charge on any atom is -0.352 e. The van der Waals surface area contributed by atoms with E-state index in [1.165, 1.54) is 5.56 Å². The average Bonchev–Trinajstić information content (AvgIpc) is 2.82. The van der Waals surface area contributed by atoms with Gasteiger partial charge in [0.15, 0.2) is 0 Å². The summed E-state index contributed by atoms with van der Waals surface area (Å²) in [5.74, 6) is -1.64. The molecule has 1 aliphatic heterocycles. The van der Waals surface area contributed by atoms with Crippen LogP contribution in [0.2, 0.25) is 0 Å². The predicted octanol–water partition coefficient (Wildman–Crippen LogP) is 4.54. The highest BCUT2D eigenvalue weighted by molar-refractivity contribution is 5.84. The van der Waals surface area contributed by atoms with E-state index in [9.17, 15) is 18.4 Å². The Hall–Kier alpha value is -3.54. The molecule has 0 radical (unpaired) electrons. The van der Waals surface area contributed by atoms with Crippen molar-refractivity contribution in [3.05, 3.63) is 107 Å². The van der Waals surface area contributed by atoms with Gasteiger partial charge in [-0.05, 0) is 41.3 Å². The van der Waals surface area contributed by atoms with E-state index in [0.717, 1.165) is 35.7 Å². The molecule has 1 aliphatic rings. The van der Waals surface area contributed by atoms with Crippen molar-refractivity contribution < 1.29 is 18.4 Å². The number of halogens is 2. The zero-order valence-corrected chi connectivity index (χ0v) is 17.6. The SMILES string of the molecule is O=C(CCC(=O)N1CCc2ccccc2[C@@H]1c1ccccc1)NCc1cc(F)ccc1F. The van der Waals surface area contributed by atoms with Gasteiger partial charge in [0.25, 0.3) is 0 Å². The van der Waals surface area contributed by atoms with Gasteiger partial charge in [0, 0.05) is 31.5 Å². The summed E-state index contributed by atoms with van der Waals surface area (Å²) < 4.78 is 27.0. The quantitative estimate of drug-likeness (QED) is 0.620. The fourth-order valence-corrected chi connectivity index (χ4v) is 4.16. The molecule has 0 saturated carbocycles. The van der Waals surface area contributed by atoms with Crippen LogP contribution in [0.25, 0.3) is 0 Å². The fourth-order valence-electron chi connectivity index (χ4n) is 4.16. The molecule has 0 spiro atoms. The highest BCUT2D eigenvalue weighted by Crippen LogP contribution is 2.35. The molecule has 1 N–H and O–H groups in total. The zero-order valence-electron chi connectivity index (χ0n) is 17.6. The van der Waals surface area contributed by atoms with Crippen LogP contribution in [0.5, 0.6) is 0 Å². The number of nitrogens with zero attached hydrogens (tertiary/aromatic N) is 1. The summed E-state index contributed by atoms with van der Waals surface area (Å²) in [6.45, 7) is 0.450. The van der Waals surface area contributed by atoms with Crippen molar-refractivity contribution in [1.82, 2.24) is 10.2 Å². The number of rotatable bonds is 6. The molecule has 0 aromatic heterocycles. The number of hydrogen-bond acceptors (Lipinski definition) is 2. The minimum atomic E-state index is -0.583. The molecule has 164 valence electrons. The second-order valence-corrected chi connectivity index (χ2v) is 7.86. The third kappa shape index (κ3) is 4.85.